The summed E-state index contributed by atoms with van der Waals surface area (Å²) in [5, 5.41) is 3.89. The lowest BCUT2D eigenvalue weighted by Crippen LogP contribution is -2.06. The summed E-state index contributed by atoms with van der Waals surface area (Å²) in [6.45, 7) is 14.3. The van der Waals surface area contributed by atoms with Gasteiger partial charge in [0.2, 0.25) is 5.69 Å². The third-order valence-electron chi connectivity index (χ3n) is 6.30. The van der Waals surface area contributed by atoms with E-state index in [0.29, 0.717) is 28.8 Å². The number of benzene rings is 1. The van der Waals surface area contributed by atoms with Crippen LogP contribution in [0, 0.1) is 6.57 Å². The predicted octanol–water partition coefficient (Wildman–Crippen LogP) is 8.73. The summed E-state index contributed by atoms with van der Waals surface area (Å²) in [7, 11) is 0. The Balaban J connectivity index is 1.63. The van der Waals surface area contributed by atoms with Crippen LogP contribution in [0.15, 0.2) is 24.3 Å². The zero-order valence-corrected chi connectivity index (χ0v) is 22.0. The highest BCUT2D eigenvalue weighted by Crippen LogP contribution is 2.37. The minimum atomic E-state index is -0.481. The molecule has 0 aliphatic carbocycles. The van der Waals surface area contributed by atoms with Gasteiger partial charge in [0, 0.05) is 10.6 Å². The number of nitrogens with one attached hydrogen (secondary N) is 1. The van der Waals surface area contributed by atoms with Crippen LogP contribution in [-0.2, 0) is 4.74 Å². The Bertz CT molecular complexity index is 1140. The number of hydrogen-bond acceptors (Lipinski definition) is 3. The second-order valence-electron chi connectivity index (χ2n) is 9.43. The molecule has 0 aliphatic heterocycles. The van der Waals surface area contributed by atoms with Gasteiger partial charge in [-0.2, -0.15) is 0 Å². The number of aromatic nitrogens is 3. The Morgan fingerprint density at radius 3 is 2.23 bits per heavy atom. The van der Waals surface area contributed by atoms with Crippen LogP contribution in [0.3, 0.4) is 0 Å². The molecule has 0 spiro atoms. The molecular weight excluding hydrogens is 460 g/mol. The Morgan fingerprint density at radius 2 is 1.66 bits per heavy atom. The molecule has 0 amide bonds. The Morgan fingerprint density at radius 1 is 1.06 bits per heavy atom. The molecular formula is C28H37ClN4O2. The van der Waals surface area contributed by atoms with Crippen molar-refractivity contribution in [1.82, 2.24) is 14.6 Å². The second kappa shape index (κ2) is 13.3. The van der Waals surface area contributed by atoms with Gasteiger partial charge in [0.1, 0.15) is 5.56 Å². The number of hydrogen-bond donors (Lipinski definition) is 1. The van der Waals surface area contributed by atoms with Crippen molar-refractivity contribution < 1.29 is 9.53 Å². The minimum absolute atomic E-state index is 0.0219. The quantitative estimate of drug-likeness (QED) is 0.138. The van der Waals surface area contributed by atoms with E-state index in [2.05, 4.69) is 21.9 Å². The smallest absolute Gasteiger partial charge is 0.331 e. The molecule has 188 valence electrons. The van der Waals surface area contributed by atoms with Crippen molar-refractivity contribution in [3.63, 3.8) is 0 Å². The lowest BCUT2D eigenvalue weighted by molar-refractivity contribution is 0.0501. The van der Waals surface area contributed by atoms with Gasteiger partial charge in [-0.1, -0.05) is 90.2 Å². The highest BCUT2D eigenvalue weighted by Gasteiger charge is 2.29. The first-order valence-corrected chi connectivity index (χ1v) is 13.3. The molecule has 35 heavy (non-hydrogen) atoms. The van der Waals surface area contributed by atoms with E-state index in [9.17, 15) is 4.79 Å². The monoisotopic (exact) mass is 496 g/mol. The SMILES string of the molecule is [C-]#[N+]c1c(C(=O)OCCCCCCCCCCCC)c2nc(-c3ccc(Cl)cc3)[nH]n2c1C(C)C. The van der Waals surface area contributed by atoms with Crippen molar-refractivity contribution in [2.24, 2.45) is 0 Å². The first kappa shape index (κ1) is 26.8. The van der Waals surface area contributed by atoms with E-state index in [1.165, 1.54) is 44.9 Å². The summed E-state index contributed by atoms with van der Waals surface area (Å²) in [6.07, 6.45) is 12.2. The average Bonchev–Trinajstić information content (AvgIpc) is 3.39. The summed E-state index contributed by atoms with van der Waals surface area (Å²) in [6, 6.07) is 7.33. The molecule has 6 nitrogen and oxygen atoms in total. The van der Waals surface area contributed by atoms with Crippen molar-refractivity contribution in [3.05, 3.63) is 52.0 Å². The van der Waals surface area contributed by atoms with Gasteiger partial charge in [0.05, 0.1) is 18.9 Å². The summed E-state index contributed by atoms with van der Waals surface area (Å²) in [5.41, 5.74) is 2.56. The van der Waals surface area contributed by atoms with Crippen molar-refractivity contribution in [3.8, 4) is 11.4 Å². The zero-order chi connectivity index (χ0) is 25.2. The minimum Gasteiger partial charge on any atom is -0.463 e. The molecule has 2 aromatic heterocycles. The van der Waals surface area contributed by atoms with Crippen LogP contribution in [0.5, 0.6) is 0 Å². The Labute approximate surface area is 213 Å². The van der Waals surface area contributed by atoms with Gasteiger partial charge in [-0.3, -0.25) is 9.61 Å². The van der Waals surface area contributed by atoms with Crippen LogP contribution < -0.4 is 0 Å². The molecule has 0 fully saturated rings. The van der Waals surface area contributed by atoms with Crippen LogP contribution in [0.1, 0.15) is 107 Å². The number of aromatic amines is 1. The number of rotatable bonds is 14. The molecule has 0 unspecified atom stereocenters. The maximum Gasteiger partial charge on any atom is 0.331 e. The number of halogens is 1. The number of carbonyl (C=O) groups excluding carboxylic acids is 1. The average molecular weight is 497 g/mol. The molecule has 3 rings (SSSR count). The van der Waals surface area contributed by atoms with Gasteiger partial charge in [0.25, 0.3) is 0 Å². The standard InChI is InChI=1S/C28H37ClN4O2/c1-5-6-7-8-9-10-11-12-13-14-19-35-28(34)23-24(30-4)25(20(2)3)33-27(23)31-26(32-33)21-15-17-22(29)18-16-21/h15-18,20H,5-14,19H2,1-3H3,(H,31,32). The molecule has 0 bridgehead atoms. The predicted molar refractivity (Wildman–Crippen MR) is 142 cm³/mol. The summed E-state index contributed by atoms with van der Waals surface area (Å²) in [5.74, 6) is 0.151. The normalized spacial score (nSPS) is 11.3. The molecule has 1 N–H and O–H groups in total. The molecule has 0 saturated heterocycles. The van der Waals surface area contributed by atoms with Crippen molar-refractivity contribution >= 4 is 28.9 Å². The topological polar surface area (TPSA) is 63.8 Å². The van der Waals surface area contributed by atoms with Crippen LogP contribution in [-0.4, -0.2) is 27.2 Å². The van der Waals surface area contributed by atoms with Crippen molar-refractivity contribution in [2.75, 3.05) is 6.61 Å². The van der Waals surface area contributed by atoms with Gasteiger partial charge in [-0.15, -0.1) is 0 Å². The Kier molecular flexibility index (Phi) is 10.2. The highest BCUT2D eigenvalue weighted by molar-refractivity contribution is 6.30. The van der Waals surface area contributed by atoms with E-state index in [4.69, 9.17) is 22.9 Å². The lowest BCUT2D eigenvalue weighted by Gasteiger charge is -2.06. The van der Waals surface area contributed by atoms with Crippen LogP contribution in [0.4, 0.5) is 5.69 Å². The fourth-order valence-electron chi connectivity index (χ4n) is 4.42. The molecule has 7 heteroatoms. The zero-order valence-electron chi connectivity index (χ0n) is 21.2. The van der Waals surface area contributed by atoms with E-state index >= 15 is 0 Å². The number of ether oxygens (including phenoxy) is 1. The van der Waals surface area contributed by atoms with E-state index in [0.717, 1.165) is 30.5 Å². The fraction of sp³-hybridized carbons (Fsp3) is 0.536. The van der Waals surface area contributed by atoms with E-state index in [1.807, 2.05) is 26.0 Å². The molecule has 2 heterocycles. The lowest BCUT2D eigenvalue weighted by atomic mass is 10.1. The third kappa shape index (κ3) is 6.89. The van der Waals surface area contributed by atoms with Gasteiger partial charge < -0.3 is 4.74 Å². The van der Waals surface area contributed by atoms with Crippen LogP contribution in [0.25, 0.3) is 21.9 Å². The number of H-pyrrole nitrogens is 1. The molecule has 0 radical (unpaired) electrons. The van der Waals surface area contributed by atoms with Gasteiger partial charge in [-0.05, 0) is 36.6 Å². The number of unbranched alkanes of at least 4 members (excludes halogenated alkanes) is 9. The maximum atomic E-state index is 13.1. The van der Waals surface area contributed by atoms with Crippen LogP contribution in [0.2, 0.25) is 5.02 Å². The van der Waals surface area contributed by atoms with E-state index in [1.54, 1.807) is 16.6 Å². The van der Waals surface area contributed by atoms with Gasteiger partial charge >= 0.3 is 5.97 Å². The molecule has 0 atom stereocenters. The summed E-state index contributed by atoms with van der Waals surface area (Å²) in [4.78, 5) is 21.4. The third-order valence-corrected chi connectivity index (χ3v) is 6.55. The summed E-state index contributed by atoms with van der Waals surface area (Å²) < 4.78 is 7.36. The molecule has 3 aromatic rings. The number of nitrogens with zero attached hydrogens (tertiary/aromatic N) is 3. The fourth-order valence-corrected chi connectivity index (χ4v) is 4.54. The van der Waals surface area contributed by atoms with Gasteiger partial charge in [-0.25, -0.2) is 14.6 Å². The van der Waals surface area contributed by atoms with Crippen molar-refractivity contribution in [2.45, 2.75) is 90.9 Å². The molecule has 1 aromatic carbocycles. The molecule has 0 saturated carbocycles. The number of esters is 1. The van der Waals surface area contributed by atoms with Gasteiger partial charge in [0.15, 0.2) is 11.5 Å². The molecule has 0 aliphatic rings. The second-order valence-corrected chi connectivity index (χ2v) is 9.87. The van der Waals surface area contributed by atoms with E-state index in [-0.39, 0.29) is 11.5 Å². The Hall–Kier alpha value is -2.78. The number of carbonyl (C=O) groups is 1. The maximum absolute atomic E-state index is 13.1. The highest BCUT2D eigenvalue weighted by atomic mass is 35.5. The first-order chi connectivity index (χ1) is 17.0. The van der Waals surface area contributed by atoms with Crippen LogP contribution >= 0.6 is 11.6 Å². The van der Waals surface area contributed by atoms with E-state index < -0.39 is 5.97 Å². The summed E-state index contributed by atoms with van der Waals surface area (Å²) >= 11 is 6.02. The largest absolute Gasteiger partial charge is 0.463 e. The van der Waals surface area contributed by atoms with Crippen molar-refractivity contribution in [1.29, 1.82) is 0 Å². The number of fused-ring (bicyclic) bond motifs is 1. The first-order valence-electron chi connectivity index (χ1n) is 12.9.